The Hall–Kier alpha value is -1.09. The summed E-state index contributed by atoms with van der Waals surface area (Å²) in [7, 11) is 1.70. The van der Waals surface area contributed by atoms with Gasteiger partial charge in [0.05, 0.1) is 0 Å². The zero-order chi connectivity index (χ0) is 15.1. The highest BCUT2D eigenvalue weighted by atomic mass is 127. The van der Waals surface area contributed by atoms with Gasteiger partial charge in [-0.2, -0.15) is 0 Å². The van der Waals surface area contributed by atoms with E-state index in [1.807, 2.05) is 30.6 Å². The Balaban J connectivity index is 0.00000242. The SMILES string of the molecule is CN=C(NCCn1cccc1)NCc1ccc(Br)cc1F.I. The second-order valence-electron chi connectivity index (χ2n) is 4.51. The fourth-order valence-corrected chi connectivity index (χ4v) is 2.22. The number of hydrogen-bond acceptors (Lipinski definition) is 1. The smallest absolute Gasteiger partial charge is 0.191 e. The van der Waals surface area contributed by atoms with E-state index in [1.54, 1.807) is 13.1 Å². The van der Waals surface area contributed by atoms with Crippen molar-refractivity contribution in [3.63, 3.8) is 0 Å². The Morgan fingerprint density at radius 3 is 2.64 bits per heavy atom. The van der Waals surface area contributed by atoms with Crippen LogP contribution >= 0.6 is 39.9 Å². The second-order valence-corrected chi connectivity index (χ2v) is 5.42. The van der Waals surface area contributed by atoms with Crippen LogP contribution in [-0.4, -0.2) is 24.1 Å². The van der Waals surface area contributed by atoms with Gasteiger partial charge in [0.1, 0.15) is 5.82 Å². The maximum Gasteiger partial charge on any atom is 0.191 e. The highest BCUT2D eigenvalue weighted by molar-refractivity contribution is 14.0. The van der Waals surface area contributed by atoms with Crippen LogP contribution in [0.3, 0.4) is 0 Å². The van der Waals surface area contributed by atoms with Gasteiger partial charge in [0.25, 0.3) is 0 Å². The lowest BCUT2D eigenvalue weighted by molar-refractivity contribution is 0.602. The molecule has 2 N–H and O–H groups in total. The molecule has 1 aromatic carbocycles. The van der Waals surface area contributed by atoms with Gasteiger partial charge in [0, 0.05) is 49.1 Å². The molecule has 0 aliphatic heterocycles. The third-order valence-corrected chi connectivity index (χ3v) is 3.51. The molecule has 7 heteroatoms. The molecule has 0 spiro atoms. The van der Waals surface area contributed by atoms with Crippen LogP contribution in [0.5, 0.6) is 0 Å². The van der Waals surface area contributed by atoms with Gasteiger partial charge >= 0.3 is 0 Å². The molecule has 22 heavy (non-hydrogen) atoms. The van der Waals surface area contributed by atoms with Gasteiger partial charge in [-0.1, -0.05) is 22.0 Å². The molecule has 1 heterocycles. The van der Waals surface area contributed by atoms with Gasteiger partial charge in [0.2, 0.25) is 0 Å². The van der Waals surface area contributed by atoms with E-state index in [1.165, 1.54) is 6.07 Å². The van der Waals surface area contributed by atoms with Crippen molar-refractivity contribution in [3.8, 4) is 0 Å². The van der Waals surface area contributed by atoms with Crippen LogP contribution in [0.25, 0.3) is 0 Å². The Morgan fingerprint density at radius 1 is 1.27 bits per heavy atom. The van der Waals surface area contributed by atoms with Crippen LogP contribution in [0.4, 0.5) is 4.39 Å². The van der Waals surface area contributed by atoms with Crippen molar-refractivity contribution in [2.45, 2.75) is 13.1 Å². The number of aliphatic imine (C=N–C) groups is 1. The molecule has 2 aromatic rings. The lowest BCUT2D eigenvalue weighted by Gasteiger charge is -2.12. The number of nitrogens with zero attached hydrogens (tertiary/aromatic N) is 2. The lowest BCUT2D eigenvalue weighted by atomic mass is 10.2. The highest BCUT2D eigenvalue weighted by Gasteiger charge is 2.04. The Labute approximate surface area is 155 Å². The minimum atomic E-state index is -0.236. The van der Waals surface area contributed by atoms with Gasteiger partial charge < -0.3 is 15.2 Å². The van der Waals surface area contributed by atoms with Gasteiger partial charge in [-0.3, -0.25) is 4.99 Å². The lowest BCUT2D eigenvalue weighted by Crippen LogP contribution is -2.38. The zero-order valence-electron chi connectivity index (χ0n) is 12.2. The molecular weight excluding hydrogens is 462 g/mol. The summed E-state index contributed by atoms with van der Waals surface area (Å²) in [6, 6.07) is 9.01. The van der Waals surface area contributed by atoms with Crippen molar-refractivity contribution < 1.29 is 4.39 Å². The Morgan fingerprint density at radius 2 is 2.00 bits per heavy atom. The fraction of sp³-hybridized carbons (Fsp3) is 0.267. The van der Waals surface area contributed by atoms with Crippen molar-refractivity contribution in [1.82, 2.24) is 15.2 Å². The minimum Gasteiger partial charge on any atom is -0.355 e. The van der Waals surface area contributed by atoms with E-state index in [0.717, 1.165) is 17.6 Å². The summed E-state index contributed by atoms with van der Waals surface area (Å²) >= 11 is 3.24. The van der Waals surface area contributed by atoms with Gasteiger partial charge in [-0.05, 0) is 24.3 Å². The van der Waals surface area contributed by atoms with Crippen LogP contribution in [0.15, 0.2) is 52.2 Å². The standard InChI is InChI=1S/C15H18BrFN4.HI/c1-18-15(19-6-9-21-7-2-3-8-21)20-11-12-4-5-13(16)10-14(12)17;/h2-5,7-8,10H,6,9,11H2,1H3,(H2,18,19,20);1H. The van der Waals surface area contributed by atoms with E-state index < -0.39 is 0 Å². The third-order valence-electron chi connectivity index (χ3n) is 3.01. The monoisotopic (exact) mass is 480 g/mol. The first-order chi connectivity index (χ1) is 10.2. The molecule has 0 radical (unpaired) electrons. The van der Waals surface area contributed by atoms with E-state index in [0.29, 0.717) is 18.1 Å². The first kappa shape index (κ1) is 19.0. The molecule has 0 bridgehead atoms. The maximum absolute atomic E-state index is 13.7. The largest absolute Gasteiger partial charge is 0.355 e. The fourth-order valence-electron chi connectivity index (χ4n) is 1.89. The van der Waals surface area contributed by atoms with Crippen molar-refractivity contribution >= 4 is 45.9 Å². The summed E-state index contributed by atoms with van der Waals surface area (Å²) in [5, 5.41) is 6.30. The van der Waals surface area contributed by atoms with Crippen molar-refractivity contribution in [2.24, 2.45) is 4.99 Å². The average Bonchev–Trinajstić information content (AvgIpc) is 2.97. The molecule has 0 saturated heterocycles. The van der Waals surface area contributed by atoms with Crippen LogP contribution in [0.2, 0.25) is 0 Å². The Kier molecular flexibility index (Phi) is 8.47. The first-order valence-electron chi connectivity index (χ1n) is 6.68. The van der Waals surface area contributed by atoms with Crippen LogP contribution in [0, 0.1) is 5.82 Å². The molecular formula is C15H19BrFIN4. The summed E-state index contributed by atoms with van der Waals surface area (Å²) in [5.74, 6) is 0.421. The van der Waals surface area contributed by atoms with Crippen molar-refractivity contribution in [2.75, 3.05) is 13.6 Å². The van der Waals surface area contributed by atoms with E-state index in [9.17, 15) is 4.39 Å². The van der Waals surface area contributed by atoms with Crippen LogP contribution in [-0.2, 0) is 13.1 Å². The van der Waals surface area contributed by atoms with Crippen molar-refractivity contribution in [1.29, 1.82) is 0 Å². The molecule has 4 nitrogen and oxygen atoms in total. The maximum atomic E-state index is 13.7. The zero-order valence-corrected chi connectivity index (χ0v) is 16.1. The average molecular weight is 481 g/mol. The van der Waals surface area contributed by atoms with Gasteiger partial charge in [0.15, 0.2) is 5.96 Å². The number of guanidine groups is 1. The van der Waals surface area contributed by atoms with Crippen LogP contribution in [0.1, 0.15) is 5.56 Å². The number of nitrogens with one attached hydrogen (secondary N) is 2. The molecule has 0 aliphatic carbocycles. The van der Waals surface area contributed by atoms with Crippen LogP contribution < -0.4 is 10.6 Å². The summed E-state index contributed by atoms with van der Waals surface area (Å²) in [6.45, 7) is 1.99. The molecule has 2 rings (SSSR count). The Bertz CT molecular complexity index is 602. The molecule has 0 unspecified atom stereocenters. The molecule has 1 aromatic heterocycles. The third kappa shape index (κ3) is 5.96. The molecule has 0 saturated carbocycles. The predicted molar refractivity (Wildman–Crippen MR) is 102 cm³/mol. The number of halogens is 3. The predicted octanol–water partition coefficient (Wildman–Crippen LogP) is 3.37. The first-order valence-corrected chi connectivity index (χ1v) is 7.47. The van der Waals surface area contributed by atoms with E-state index in [2.05, 4.69) is 36.1 Å². The quantitative estimate of drug-likeness (QED) is 0.391. The van der Waals surface area contributed by atoms with Gasteiger partial charge in [-0.15, -0.1) is 24.0 Å². The minimum absolute atomic E-state index is 0. The molecule has 0 aliphatic rings. The second kappa shape index (κ2) is 9.83. The molecule has 0 atom stereocenters. The van der Waals surface area contributed by atoms with E-state index in [-0.39, 0.29) is 29.8 Å². The number of aromatic nitrogens is 1. The summed E-state index contributed by atoms with van der Waals surface area (Å²) in [5.41, 5.74) is 0.603. The number of rotatable bonds is 5. The topological polar surface area (TPSA) is 41.4 Å². The number of hydrogen-bond donors (Lipinski definition) is 2. The van der Waals surface area contributed by atoms with Crippen molar-refractivity contribution in [3.05, 3.63) is 58.6 Å². The van der Waals surface area contributed by atoms with E-state index >= 15 is 0 Å². The molecule has 120 valence electrons. The summed E-state index contributed by atoms with van der Waals surface area (Å²) in [4.78, 5) is 4.12. The number of benzene rings is 1. The van der Waals surface area contributed by atoms with E-state index in [4.69, 9.17) is 0 Å². The molecule has 0 fully saturated rings. The summed E-state index contributed by atoms with van der Waals surface area (Å²) in [6.07, 6.45) is 4.02. The molecule has 0 amide bonds. The normalized spacial score (nSPS) is 11.0. The summed E-state index contributed by atoms with van der Waals surface area (Å²) < 4.78 is 16.5. The van der Waals surface area contributed by atoms with Gasteiger partial charge in [-0.25, -0.2) is 4.39 Å². The highest BCUT2D eigenvalue weighted by Crippen LogP contribution is 2.14.